The van der Waals surface area contributed by atoms with Crippen molar-refractivity contribution in [3.8, 4) is 17.5 Å². The molecule has 1 fully saturated rings. The fraction of sp³-hybridized carbons (Fsp3) is 0.478. The van der Waals surface area contributed by atoms with E-state index in [-0.39, 0.29) is 11.9 Å². The fourth-order valence-corrected chi connectivity index (χ4v) is 3.61. The lowest BCUT2D eigenvalue weighted by molar-refractivity contribution is -0.725. The van der Waals surface area contributed by atoms with Gasteiger partial charge in [-0.25, -0.2) is 9.69 Å². The van der Waals surface area contributed by atoms with Gasteiger partial charge in [-0.1, -0.05) is 26.3 Å². The van der Waals surface area contributed by atoms with E-state index in [1.165, 1.54) is 6.20 Å². The van der Waals surface area contributed by atoms with Crippen LogP contribution in [0.2, 0.25) is 0 Å². The Kier molecular flexibility index (Phi) is 6.48. The van der Waals surface area contributed by atoms with Crippen molar-refractivity contribution in [1.82, 2.24) is 10.3 Å². The molecular formula is C23H31N4O4+. The van der Waals surface area contributed by atoms with Crippen LogP contribution in [0.25, 0.3) is 0 Å². The number of ether oxygens (including phenoxy) is 2. The van der Waals surface area contributed by atoms with Gasteiger partial charge in [0.2, 0.25) is 0 Å². The average molecular weight is 428 g/mol. The zero-order valence-corrected chi connectivity index (χ0v) is 19.1. The van der Waals surface area contributed by atoms with Crippen LogP contribution in [0, 0.1) is 6.92 Å². The van der Waals surface area contributed by atoms with E-state index in [1.54, 1.807) is 20.2 Å². The highest BCUT2D eigenvalue weighted by Crippen LogP contribution is 2.29. The first-order valence-electron chi connectivity index (χ1n) is 10.6. The van der Waals surface area contributed by atoms with Gasteiger partial charge in [-0.15, -0.1) is 0 Å². The number of anilines is 1. The molecule has 0 spiro atoms. The van der Waals surface area contributed by atoms with Crippen LogP contribution < -0.4 is 24.3 Å². The van der Waals surface area contributed by atoms with E-state index in [1.807, 2.05) is 36.6 Å². The Bertz CT molecular complexity index is 994. The second-order valence-corrected chi connectivity index (χ2v) is 8.13. The predicted octanol–water partition coefficient (Wildman–Crippen LogP) is 4.06. The standard InChI is InChI=1S/C23H30N4O4/c1-7-9-16(4)26-14-17(27-20(28)23(5,8-2)25-21(27)29)13-24-22(26)31-18-11-10-15(3)19(12-18)30-6/h10-14,16H,7-9H2,1-6H3/p+1. The van der Waals surface area contributed by atoms with Gasteiger partial charge in [0.05, 0.1) is 7.11 Å². The number of imide groups is 1. The summed E-state index contributed by atoms with van der Waals surface area (Å²) < 4.78 is 13.3. The van der Waals surface area contributed by atoms with Crippen molar-refractivity contribution in [2.75, 3.05) is 12.0 Å². The number of benzene rings is 1. The molecule has 0 bridgehead atoms. The first kappa shape index (κ1) is 22.5. The molecule has 31 heavy (non-hydrogen) atoms. The molecule has 0 saturated carbocycles. The van der Waals surface area contributed by atoms with E-state index in [4.69, 9.17) is 9.47 Å². The molecule has 166 valence electrons. The SMILES string of the molecule is CCCC(C)[n+]1cc(N2C(=O)NC(C)(CC)C2=O)cnc1Oc1ccc(C)c(OC)c1. The third kappa shape index (κ3) is 4.33. The quantitative estimate of drug-likeness (QED) is 0.507. The number of nitrogens with zero attached hydrogens (tertiary/aromatic N) is 3. The minimum atomic E-state index is -0.912. The van der Waals surface area contributed by atoms with Crippen LogP contribution in [0.15, 0.2) is 30.6 Å². The molecule has 0 radical (unpaired) electrons. The van der Waals surface area contributed by atoms with E-state index in [0.717, 1.165) is 29.1 Å². The number of nitrogens with one attached hydrogen (secondary N) is 1. The first-order chi connectivity index (χ1) is 14.7. The summed E-state index contributed by atoms with van der Waals surface area (Å²) >= 11 is 0. The average Bonchev–Trinajstić information content (AvgIpc) is 2.98. The predicted molar refractivity (Wildman–Crippen MR) is 117 cm³/mol. The molecular weight excluding hydrogens is 396 g/mol. The molecule has 0 aliphatic carbocycles. The molecule has 1 saturated heterocycles. The third-order valence-corrected chi connectivity index (χ3v) is 5.80. The molecule has 8 nitrogen and oxygen atoms in total. The van der Waals surface area contributed by atoms with Gasteiger partial charge in [0, 0.05) is 6.07 Å². The van der Waals surface area contributed by atoms with Gasteiger partial charge < -0.3 is 14.8 Å². The van der Waals surface area contributed by atoms with Gasteiger partial charge in [0.25, 0.3) is 5.91 Å². The second-order valence-electron chi connectivity index (χ2n) is 8.13. The number of hydrogen-bond donors (Lipinski definition) is 1. The molecule has 1 aromatic carbocycles. The highest BCUT2D eigenvalue weighted by atomic mass is 16.5. The van der Waals surface area contributed by atoms with Crippen LogP contribution >= 0.6 is 0 Å². The number of urea groups is 1. The Morgan fingerprint density at radius 3 is 2.65 bits per heavy atom. The minimum absolute atomic E-state index is 0.0538. The molecule has 1 aliphatic heterocycles. The Balaban J connectivity index is 2.00. The lowest BCUT2D eigenvalue weighted by Gasteiger charge is -2.19. The first-order valence-corrected chi connectivity index (χ1v) is 10.6. The summed E-state index contributed by atoms with van der Waals surface area (Å²) in [5, 5.41) is 2.78. The highest BCUT2D eigenvalue weighted by molar-refractivity contribution is 6.23. The number of methoxy groups -OCH3 is 1. The summed E-state index contributed by atoms with van der Waals surface area (Å²) in [6, 6.07) is 5.57. The monoisotopic (exact) mass is 427 g/mol. The van der Waals surface area contributed by atoms with Crippen molar-refractivity contribution in [2.24, 2.45) is 0 Å². The van der Waals surface area contributed by atoms with Crippen molar-refractivity contribution >= 4 is 17.6 Å². The number of hydrogen-bond acceptors (Lipinski definition) is 5. The van der Waals surface area contributed by atoms with Crippen LogP contribution in [-0.2, 0) is 4.79 Å². The maximum absolute atomic E-state index is 12.9. The summed E-state index contributed by atoms with van der Waals surface area (Å²) in [4.78, 5) is 31.1. The number of rotatable bonds is 8. The summed E-state index contributed by atoms with van der Waals surface area (Å²) in [6.07, 6.45) is 5.61. The summed E-state index contributed by atoms with van der Waals surface area (Å²) in [7, 11) is 1.62. The van der Waals surface area contributed by atoms with Crippen LogP contribution in [0.5, 0.6) is 17.5 Å². The third-order valence-electron chi connectivity index (χ3n) is 5.80. The highest BCUT2D eigenvalue weighted by Gasteiger charge is 2.48. The number of aryl methyl sites for hydroxylation is 1. The molecule has 2 unspecified atom stereocenters. The lowest BCUT2D eigenvalue weighted by Crippen LogP contribution is -2.44. The zero-order valence-electron chi connectivity index (χ0n) is 19.1. The molecule has 2 aromatic rings. The molecule has 1 aromatic heterocycles. The molecule has 1 aliphatic rings. The molecule has 2 heterocycles. The van der Waals surface area contributed by atoms with E-state index in [0.29, 0.717) is 23.9 Å². The minimum Gasteiger partial charge on any atom is -0.496 e. The van der Waals surface area contributed by atoms with E-state index in [9.17, 15) is 9.59 Å². The molecule has 8 heteroatoms. The van der Waals surface area contributed by atoms with Gasteiger partial charge in [-0.2, -0.15) is 4.57 Å². The Hall–Kier alpha value is -3.16. The van der Waals surface area contributed by atoms with Gasteiger partial charge in [-0.3, -0.25) is 4.79 Å². The van der Waals surface area contributed by atoms with Crippen molar-refractivity contribution in [3.63, 3.8) is 0 Å². The van der Waals surface area contributed by atoms with Gasteiger partial charge in [-0.05, 0) is 50.2 Å². The number of amides is 3. The lowest BCUT2D eigenvalue weighted by atomic mass is 9.99. The van der Waals surface area contributed by atoms with E-state index >= 15 is 0 Å². The van der Waals surface area contributed by atoms with Crippen molar-refractivity contribution < 1.29 is 23.6 Å². The second kappa shape index (κ2) is 8.91. The van der Waals surface area contributed by atoms with Gasteiger partial charge in [0.15, 0.2) is 6.20 Å². The maximum atomic E-state index is 12.9. The van der Waals surface area contributed by atoms with Crippen molar-refractivity contribution in [2.45, 2.75) is 65.5 Å². The largest absolute Gasteiger partial charge is 0.504 e. The topological polar surface area (TPSA) is 84.6 Å². The Labute approximate surface area is 183 Å². The number of aromatic nitrogens is 2. The summed E-state index contributed by atoms with van der Waals surface area (Å²) in [6.45, 7) is 9.72. The number of carbonyl (C=O) groups excluding carboxylic acids is 2. The maximum Gasteiger partial charge on any atom is 0.504 e. The molecule has 1 N–H and O–H groups in total. The van der Waals surface area contributed by atoms with Crippen LogP contribution in [0.1, 0.15) is 58.6 Å². The van der Waals surface area contributed by atoms with E-state index in [2.05, 4.69) is 24.1 Å². The van der Waals surface area contributed by atoms with Crippen LogP contribution in [0.4, 0.5) is 10.5 Å². The normalized spacial score (nSPS) is 19.4. The fourth-order valence-electron chi connectivity index (χ4n) is 3.61. The number of carbonyl (C=O) groups is 2. The Morgan fingerprint density at radius 1 is 1.29 bits per heavy atom. The Morgan fingerprint density at radius 2 is 2.03 bits per heavy atom. The van der Waals surface area contributed by atoms with Crippen LogP contribution in [-0.4, -0.2) is 29.6 Å². The van der Waals surface area contributed by atoms with Crippen LogP contribution in [0.3, 0.4) is 0 Å². The van der Waals surface area contributed by atoms with Crippen molar-refractivity contribution in [3.05, 3.63) is 36.2 Å². The smallest absolute Gasteiger partial charge is 0.496 e. The molecule has 3 rings (SSSR count). The van der Waals surface area contributed by atoms with Crippen molar-refractivity contribution in [1.29, 1.82) is 0 Å². The molecule has 2 atom stereocenters. The zero-order chi connectivity index (χ0) is 22.8. The summed E-state index contributed by atoms with van der Waals surface area (Å²) in [5.41, 5.74) is 0.504. The summed E-state index contributed by atoms with van der Waals surface area (Å²) in [5.74, 6) is 1.03. The van der Waals surface area contributed by atoms with Gasteiger partial charge >= 0.3 is 12.0 Å². The molecule has 3 amide bonds. The van der Waals surface area contributed by atoms with E-state index < -0.39 is 11.6 Å². The van der Waals surface area contributed by atoms with Gasteiger partial charge in [0.1, 0.15) is 35.0 Å².